The van der Waals surface area contributed by atoms with E-state index in [4.69, 9.17) is 11.6 Å². The molecule has 3 nitrogen and oxygen atoms in total. The second-order valence-corrected chi connectivity index (χ2v) is 2.13. The van der Waals surface area contributed by atoms with Gasteiger partial charge in [-0.3, -0.25) is 0 Å². The van der Waals surface area contributed by atoms with E-state index in [0.29, 0.717) is 15.3 Å². The summed E-state index contributed by atoms with van der Waals surface area (Å²) in [6, 6.07) is 1.54. The van der Waals surface area contributed by atoms with E-state index < -0.39 is 0 Å². The number of aryl methyl sites for hydroxylation is 1. The zero-order valence-corrected chi connectivity index (χ0v) is 5.64. The van der Waals surface area contributed by atoms with Gasteiger partial charge in [-0.05, 0) is 6.92 Å². The monoisotopic (exact) mass is 145 g/mol. The highest BCUT2D eigenvalue weighted by molar-refractivity contribution is 6.31. The van der Waals surface area contributed by atoms with Gasteiger partial charge in [0.15, 0.2) is 4.54 Å². The third kappa shape index (κ3) is 1.29. The van der Waals surface area contributed by atoms with Gasteiger partial charge in [-0.25, -0.2) is 0 Å². The molecule has 0 amide bonds. The summed E-state index contributed by atoms with van der Waals surface area (Å²) in [7, 11) is 0. The van der Waals surface area contributed by atoms with Gasteiger partial charge in [0, 0.05) is 6.07 Å². The maximum Gasteiger partial charge on any atom is 0.258 e. The van der Waals surface area contributed by atoms with Crippen LogP contribution in [0.25, 0.3) is 0 Å². The number of halogens is 1. The minimum atomic E-state index is 0.571. The molecule has 0 aliphatic carbocycles. The number of hydrogen-bond acceptors (Lipinski definition) is 1. The maximum absolute atomic E-state index is 10.4. The summed E-state index contributed by atoms with van der Waals surface area (Å²) in [5.41, 5.74) is 0.675. The molecule has 0 atom stereocenters. The number of rotatable bonds is 0. The van der Waals surface area contributed by atoms with E-state index in [1.54, 1.807) is 13.0 Å². The van der Waals surface area contributed by atoms with E-state index in [-0.39, 0.29) is 0 Å². The van der Waals surface area contributed by atoms with Crippen molar-refractivity contribution >= 4 is 11.6 Å². The third-order valence-corrected chi connectivity index (χ3v) is 1.40. The first-order valence-electron chi connectivity index (χ1n) is 2.48. The van der Waals surface area contributed by atoms with Crippen LogP contribution in [0.5, 0.6) is 0 Å². The Morgan fingerprint density at radius 3 is 2.89 bits per heavy atom. The first-order valence-corrected chi connectivity index (χ1v) is 2.85. The summed E-state index contributed by atoms with van der Waals surface area (Å²) in [5, 5.41) is 3.04. The molecule has 0 aliphatic heterocycles. The lowest BCUT2D eigenvalue weighted by molar-refractivity contribution is -0.565. The summed E-state index contributed by atoms with van der Waals surface area (Å²) in [6.45, 7) is 1.73. The third-order valence-electron chi connectivity index (χ3n) is 0.992. The predicted molar refractivity (Wildman–Crippen MR) is 33.9 cm³/mol. The Hall–Kier alpha value is -0.830. The minimum absolute atomic E-state index is 0.571. The molecule has 48 valence electrons. The Labute approximate surface area is 56.9 Å². The van der Waals surface area contributed by atoms with E-state index in [9.17, 15) is 4.91 Å². The summed E-state index contributed by atoms with van der Waals surface area (Å²) >= 11 is 5.60. The quantitative estimate of drug-likeness (QED) is 0.541. The smallest absolute Gasteiger partial charge is 0.118 e. The van der Waals surface area contributed by atoms with E-state index in [0.717, 1.165) is 0 Å². The van der Waals surface area contributed by atoms with Crippen LogP contribution in [0.2, 0.25) is 5.02 Å². The van der Waals surface area contributed by atoms with Crippen molar-refractivity contribution in [3.05, 3.63) is 27.9 Å². The summed E-state index contributed by atoms with van der Waals surface area (Å²) in [4.78, 5) is 10.4. The molecule has 0 radical (unpaired) electrons. The lowest BCUT2D eigenvalue weighted by Crippen LogP contribution is -2.18. The van der Waals surface area contributed by atoms with E-state index in [1.165, 1.54) is 6.20 Å². The van der Waals surface area contributed by atoms with Crippen molar-refractivity contribution in [3.8, 4) is 0 Å². The lowest BCUT2D eigenvalue weighted by atomic mass is 10.4. The Morgan fingerprint density at radius 2 is 2.44 bits per heavy atom. The normalized spacial score (nSPS) is 9.56. The van der Waals surface area contributed by atoms with Gasteiger partial charge in [0.05, 0.1) is 15.6 Å². The molecule has 0 saturated carbocycles. The number of nitrogens with one attached hydrogen (secondary N) is 1. The first kappa shape index (κ1) is 6.29. The molecule has 9 heavy (non-hydrogen) atoms. The molecular formula is C5H6ClN2O+. The Kier molecular flexibility index (Phi) is 1.53. The van der Waals surface area contributed by atoms with Crippen molar-refractivity contribution in [2.45, 2.75) is 6.92 Å². The van der Waals surface area contributed by atoms with Gasteiger partial charge in [0.1, 0.15) is 0 Å². The standard InChI is InChI=1S/C5H6ClN2O/c1-4-5(6)2-3-8(9)7-4/h2-3H,1H3,(H,7,9)/q+1. The molecule has 0 aromatic carbocycles. The molecule has 0 unspecified atom stereocenters. The van der Waals surface area contributed by atoms with Gasteiger partial charge in [0.25, 0.3) is 6.20 Å². The SMILES string of the molecule is Cc1[nH][n+](=O)ccc1Cl. The van der Waals surface area contributed by atoms with Crippen molar-refractivity contribution in [2.75, 3.05) is 0 Å². The van der Waals surface area contributed by atoms with E-state index >= 15 is 0 Å². The minimum Gasteiger partial charge on any atom is -0.118 e. The van der Waals surface area contributed by atoms with Crippen LogP contribution in [-0.4, -0.2) is 5.10 Å². The zero-order chi connectivity index (χ0) is 6.85. The van der Waals surface area contributed by atoms with Crippen LogP contribution in [0, 0.1) is 11.8 Å². The molecule has 0 saturated heterocycles. The fourth-order valence-corrected chi connectivity index (χ4v) is 0.613. The zero-order valence-electron chi connectivity index (χ0n) is 4.89. The molecule has 1 N–H and O–H groups in total. The molecule has 1 heterocycles. The fraction of sp³-hybridized carbons (Fsp3) is 0.200. The Morgan fingerprint density at radius 1 is 1.78 bits per heavy atom. The fourth-order valence-electron chi connectivity index (χ4n) is 0.514. The average Bonchev–Trinajstić information content (AvgIpc) is 1.80. The number of hydrogen-bond donors (Lipinski definition) is 1. The predicted octanol–water partition coefficient (Wildman–Crippen LogP) is 0.891. The highest BCUT2D eigenvalue weighted by Gasteiger charge is 1.97. The number of H-pyrrole nitrogens is 1. The summed E-state index contributed by atoms with van der Waals surface area (Å²) < 4.78 is 0.598. The van der Waals surface area contributed by atoms with Crippen LogP contribution >= 0.6 is 11.6 Å². The van der Waals surface area contributed by atoms with Crippen molar-refractivity contribution in [2.24, 2.45) is 0 Å². The Balaban J connectivity index is 3.34. The van der Waals surface area contributed by atoms with Gasteiger partial charge in [-0.15, -0.1) is 5.10 Å². The number of nitrogens with zero attached hydrogens (tertiary/aromatic N) is 1. The molecule has 0 spiro atoms. The largest absolute Gasteiger partial charge is 0.258 e. The van der Waals surface area contributed by atoms with Crippen LogP contribution < -0.4 is 4.54 Å². The van der Waals surface area contributed by atoms with Gasteiger partial charge in [-0.2, -0.15) is 0 Å². The maximum atomic E-state index is 10.4. The molecule has 0 fully saturated rings. The highest BCUT2D eigenvalue weighted by atomic mass is 35.5. The number of aromatic amines is 1. The average molecular weight is 146 g/mol. The summed E-state index contributed by atoms with van der Waals surface area (Å²) in [6.07, 6.45) is 1.31. The summed E-state index contributed by atoms with van der Waals surface area (Å²) in [5.74, 6) is 0. The lowest BCUT2D eigenvalue weighted by Gasteiger charge is -1.85. The van der Waals surface area contributed by atoms with Crippen molar-refractivity contribution in [1.29, 1.82) is 0 Å². The second-order valence-electron chi connectivity index (χ2n) is 1.73. The molecule has 1 aromatic rings. The number of aromatic nitrogens is 2. The van der Waals surface area contributed by atoms with Gasteiger partial charge in [0.2, 0.25) is 0 Å². The van der Waals surface area contributed by atoms with Crippen LogP contribution in [-0.2, 0) is 0 Å². The van der Waals surface area contributed by atoms with Crippen molar-refractivity contribution in [1.82, 2.24) is 5.10 Å². The topological polar surface area (TPSA) is 38.8 Å². The second kappa shape index (κ2) is 2.19. The van der Waals surface area contributed by atoms with Crippen LogP contribution in [0.1, 0.15) is 5.69 Å². The molecule has 1 rings (SSSR count). The van der Waals surface area contributed by atoms with Crippen LogP contribution in [0.4, 0.5) is 0 Å². The van der Waals surface area contributed by atoms with E-state index in [1.807, 2.05) is 0 Å². The highest BCUT2D eigenvalue weighted by Crippen LogP contribution is 2.06. The van der Waals surface area contributed by atoms with Crippen LogP contribution in [0.3, 0.4) is 0 Å². The van der Waals surface area contributed by atoms with E-state index in [2.05, 4.69) is 5.10 Å². The molecular weight excluding hydrogens is 140 g/mol. The molecule has 1 aromatic heterocycles. The molecule has 4 heteroatoms. The van der Waals surface area contributed by atoms with Gasteiger partial charge >= 0.3 is 0 Å². The van der Waals surface area contributed by atoms with Gasteiger partial charge < -0.3 is 0 Å². The van der Waals surface area contributed by atoms with Gasteiger partial charge in [-0.1, -0.05) is 11.6 Å². The molecule has 0 aliphatic rings. The van der Waals surface area contributed by atoms with Crippen LogP contribution in [0.15, 0.2) is 12.3 Å². The van der Waals surface area contributed by atoms with Crippen molar-refractivity contribution < 1.29 is 4.54 Å². The Bertz CT molecular complexity index is 268. The first-order chi connectivity index (χ1) is 4.20. The molecule has 0 bridgehead atoms. The van der Waals surface area contributed by atoms with Crippen molar-refractivity contribution in [3.63, 3.8) is 0 Å².